The molecule has 26 heavy (non-hydrogen) atoms. The Morgan fingerprint density at radius 3 is 2.62 bits per heavy atom. The number of carboxylic acid groups (broad SMARTS) is 1. The van der Waals surface area contributed by atoms with Crippen molar-refractivity contribution in [1.82, 2.24) is 10.2 Å². The summed E-state index contributed by atoms with van der Waals surface area (Å²) >= 11 is 0. The number of amides is 1. The van der Waals surface area contributed by atoms with E-state index in [4.69, 9.17) is 9.47 Å². The fourth-order valence-corrected chi connectivity index (χ4v) is 2.85. The Kier molecular flexibility index (Phi) is 10.0. The van der Waals surface area contributed by atoms with Crippen molar-refractivity contribution >= 4 is 24.3 Å². The molecule has 1 aliphatic rings. The first-order valence-electron chi connectivity index (χ1n) is 8.54. The van der Waals surface area contributed by atoms with Crippen molar-refractivity contribution in [2.24, 2.45) is 0 Å². The van der Waals surface area contributed by atoms with Crippen molar-refractivity contribution in [3.05, 3.63) is 29.8 Å². The molecule has 1 aromatic carbocycles. The molecule has 146 valence electrons. The average molecular weight is 387 g/mol. The number of likely N-dealkylation sites (tertiary alicyclic amines) is 1. The van der Waals surface area contributed by atoms with Gasteiger partial charge in [-0.2, -0.15) is 0 Å². The third kappa shape index (κ3) is 7.19. The molecule has 0 bridgehead atoms. The zero-order valence-electron chi connectivity index (χ0n) is 15.0. The number of carboxylic acids is 1. The molecule has 1 aliphatic heterocycles. The smallest absolute Gasteiger partial charge is 0.320 e. The third-order valence-electron chi connectivity index (χ3n) is 4.21. The van der Waals surface area contributed by atoms with Crippen molar-refractivity contribution in [2.75, 3.05) is 33.4 Å². The minimum atomic E-state index is -0.850. The number of rotatable bonds is 9. The van der Waals surface area contributed by atoms with Crippen molar-refractivity contribution in [2.45, 2.75) is 31.8 Å². The van der Waals surface area contributed by atoms with Crippen LogP contribution in [0.2, 0.25) is 0 Å². The second kappa shape index (κ2) is 11.7. The maximum absolute atomic E-state index is 12.1. The van der Waals surface area contributed by atoms with Crippen LogP contribution in [0, 0.1) is 0 Å². The Labute approximate surface area is 160 Å². The summed E-state index contributed by atoms with van der Waals surface area (Å²) in [7, 11) is 1.62. The molecule has 0 saturated carbocycles. The van der Waals surface area contributed by atoms with E-state index in [1.54, 1.807) is 12.0 Å². The van der Waals surface area contributed by atoms with Gasteiger partial charge in [-0.1, -0.05) is 18.6 Å². The molecule has 2 N–H and O–H groups in total. The fraction of sp³-hybridized carbons (Fsp3) is 0.556. The quantitative estimate of drug-likeness (QED) is 0.628. The topological polar surface area (TPSA) is 88.1 Å². The van der Waals surface area contributed by atoms with Gasteiger partial charge in [-0.05, 0) is 37.1 Å². The monoisotopic (exact) mass is 386 g/mol. The number of ether oxygens (including phenoxy) is 2. The van der Waals surface area contributed by atoms with E-state index in [0.717, 1.165) is 24.2 Å². The molecule has 1 unspecified atom stereocenters. The van der Waals surface area contributed by atoms with E-state index in [9.17, 15) is 14.7 Å². The Balaban J connectivity index is 0.00000338. The van der Waals surface area contributed by atoms with Crippen LogP contribution < -0.4 is 10.1 Å². The second-order valence-corrected chi connectivity index (χ2v) is 6.08. The lowest BCUT2D eigenvalue weighted by Gasteiger charge is -2.32. The van der Waals surface area contributed by atoms with Gasteiger partial charge in [-0.25, -0.2) is 0 Å². The van der Waals surface area contributed by atoms with Crippen molar-refractivity contribution < 1.29 is 24.2 Å². The van der Waals surface area contributed by atoms with E-state index in [1.807, 2.05) is 24.3 Å². The maximum atomic E-state index is 12.1. The Morgan fingerprint density at radius 2 is 1.96 bits per heavy atom. The minimum Gasteiger partial charge on any atom is -0.491 e. The van der Waals surface area contributed by atoms with Crippen molar-refractivity contribution in [3.63, 3.8) is 0 Å². The lowest BCUT2D eigenvalue weighted by Crippen LogP contribution is -2.48. The summed E-state index contributed by atoms with van der Waals surface area (Å²) in [6.07, 6.45) is 2.43. The second-order valence-electron chi connectivity index (χ2n) is 6.08. The summed E-state index contributed by atoms with van der Waals surface area (Å²) < 4.78 is 10.4. The van der Waals surface area contributed by atoms with E-state index >= 15 is 0 Å². The van der Waals surface area contributed by atoms with E-state index in [1.165, 1.54) is 0 Å². The highest BCUT2D eigenvalue weighted by Gasteiger charge is 2.29. The Morgan fingerprint density at radius 1 is 1.23 bits per heavy atom. The van der Waals surface area contributed by atoms with Gasteiger partial charge in [0.1, 0.15) is 18.4 Å². The maximum Gasteiger partial charge on any atom is 0.320 e. The van der Waals surface area contributed by atoms with Crippen LogP contribution in [0.5, 0.6) is 5.75 Å². The fourth-order valence-electron chi connectivity index (χ4n) is 2.85. The molecule has 1 fully saturated rings. The molecule has 7 nitrogen and oxygen atoms in total. The highest BCUT2D eigenvalue weighted by atomic mass is 35.5. The average Bonchev–Trinajstić information content (AvgIpc) is 2.61. The lowest BCUT2D eigenvalue weighted by atomic mass is 10.0. The standard InChI is InChI=1S/C18H26N2O5.ClH/c1-24-10-11-25-15-7-5-14(6-8-15)12-19-17(21)13-20-9-3-2-4-16(20)18(22)23;/h5-8,16H,2-4,9-13H2,1H3,(H,19,21)(H,22,23);1H. The first-order chi connectivity index (χ1) is 12.1. The summed E-state index contributed by atoms with van der Waals surface area (Å²) in [6.45, 7) is 2.20. The van der Waals surface area contributed by atoms with Gasteiger partial charge in [0.2, 0.25) is 5.91 Å². The van der Waals surface area contributed by atoms with Crippen LogP contribution >= 0.6 is 12.4 Å². The summed E-state index contributed by atoms with van der Waals surface area (Å²) in [4.78, 5) is 25.1. The number of hydrogen-bond donors (Lipinski definition) is 2. The lowest BCUT2D eigenvalue weighted by molar-refractivity contribution is -0.145. The largest absolute Gasteiger partial charge is 0.491 e. The van der Waals surface area contributed by atoms with Gasteiger partial charge in [0.15, 0.2) is 0 Å². The van der Waals surface area contributed by atoms with Crippen molar-refractivity contribution in [1.29, 1.82) is 0 Å². The van der Waals surface area contributed by atoms with E-state index in [-0.39, 0.29) is 24.9 Å². The first kappa shape index (κ1) is 22.2. The Bertz CT molecular complexity index is 567. The van der Waals surface area contributed by atoms with Gasteiger partial charge >= 0.3 is 5.97 Å². The molecule has 0 radical (unpaired) electrons. The molecular weight excluding hydrogens is 360 g/mol. The minimum absolute atomic E-state index is 0. The highest BCUT2D eigenvalue weighted by Crippen LogP contribution is 2.17. The number of nitrogens with zero attached hydrogens (tertiary/aromatic N) is 1. The molecule has 0 aliphatic carbocycles. The van der Waals surface area contributed by atoms with Gasteiger partial charge in [-0.15, -0.1) is 12.4 Å². The number of aliphatic carboxylic acids is 1. The third-order valence-corrected chi connectivity index (χ3v) is 4.21. The van der Waals surface area contributed by atoms with Crippen LogP contribution in [0.1, 0.15) is 24.8 Å². The molecule has 1 atom stereocenters. The number of carbonyl (C=O) groups is 2. The van der Waals surface area contributed by atoms with Crippen LogP contribution in [0.25, 0.3) is 0 Å². The van der Waals surface area contributed by atoms with Gasteiger partial charge in [0.05, 0.1) is 13.2 Å². The van der Waals surface area contributed by atoms with Gasteiger partial charge in [0.25, 0.3) is 0 Å². The molecule has 1 heterocycles. The summed E-state index contributed by atoms with van der Waals surface area (Å²) in [6, 6.07) is 6.93. The summed E-state index contributed by atoms with van der Waals surface area (Å²) in [5, 5.41) is 12.1. The number of benzene rings is 1. The van der Waals surface area contributed by atoms with Crippen molar-refractivity contribution in [3.8, 4) is 5.75 Å². The van der Waals surface area contributed by atoms with Crippen LogP contribution in [-0.4, -0.2) is 61.3 Å². The normalized spacial score (nSPS) is 17.2. The number of methoxy groups -OCH3 is 1. The number of carbonyl (C=O) groups excluding carboxylic acids is 1. The predicted octanol–water partition coefficient (Wildman–Crippen LogP) is 1.69. The number of nitrogens with one attached hydrogen (secondary N) is 1. The van der Waals surface area contributed by atoms with Gasteiger partial charge in [-0.3, -0.25) is 14.5 Å². The number of piperidine rings is 1. The molecule has 1 aromatic rings. The SMILES string of the molecule is COCCOc1ccc(CNC(=O)CN2CCCCC2C(=O)O)cc1.Cl. The molecule has 2 rings (SSSR count). The predicted molar refractivity (Wildman–Crippen MR) is 99.8 cm³/mol. The van der Waals surface area contributed by atoms with Crippen LogP contribution in [0.3, 0.4) is 0 Å². The summed E-state index contributed by atoms with van der Waals surface area (Å²) in [5.41, 5.74) is 0.959. The van der Waals surface area contributed by atoms with Crippen LogP contribution in [-0.2, 0) is 20.9 Å². The van der Waals surface area contributed by atoms with E-state index in [0.29, 0.717) is 32.7 Å². The zero-order valence-corrected chi connectivity index (χ0v) is 15.8. The number of hydrogen-bond acceptors (Lipinski definition) is 5. The van der Waals surface area contributed by atoms with Gasteiger partial charge < -0.3 is 19.9 Å². The summed E-state index contributed by atoms with van der Waals surface area (Å²) in [5.74, 6) is -0.255. The molecule has 1 amide bonds. The number of halogens is 1. The van der Waals surface area contributed by atoms with Gasteiger partial charge in [0, 0.05) is 13.7 Å². The molecule has 0 aromatic heterocycles. The van der Waals surface area contributed by atoms with Crippen LogP contribution in [0.4, 0.5) is 0 Å². The first-order valence-corrected chi connectivity index (χ1v) is 8.54. The van der Waals surface area contributed by atoms with Crippen LogP contribution in [0.15, 0.2) is 24.3 Å². The van der Waals surface area contributed by atoms with E-state index < -0.39 is 12.0 Å². The molecule has 1 saturated heterocycles. The Hall–Kier alpha value is -1.83. The molecule has 0 spiro atoms. The van der Waals surface area contributed by atoms with E-state index in [2.05, 4.69) is 5.32 Å². The zero-order chi connectivity index (χ0) is 18.1. The molecular formula is C18H27ClN2O5. The molecule has 8 heteroatoms. The highest BCUT2D eigenvalue weighted by molar-refractivity contribution is 5.85.